The molecule has 0 saturated heterocycles. The Kier molecular flexibility index (Phi) is 6.30. The highest BCUT2D eigenvalue weighted by Crippen LogP contribution is 2.19. The highest BCUT2D eigenvalue weighted by atomic mass is 32.1. The molecule has 0 spiro atoms. The van der Waals surface area contributed by atoms with Crippen LogP contribution >= 0.6 is 24.8 Å². The van der Waals surface area contributed by atoms with Crippen LogP contribution in [0.4, 0.5) is 0 Å². The third kappa shape index (κ3) is 4.96. The summed E-state index contributed by atoms with van der Waals surface area (Å²) in [5, 5.41) is 0. The maximum absolute atomic E-state index is 5.58. The third-order valence-electron chi connectivity index (χ3n) is 1.72. The first kappa shape index (κ1) is 12.7. The molecule has 0 aliphatic carbocycles. The lowest BCUT2D eigenvalue weighted by Gasteiger charge is -2.03. The van der Waals surface area contributed by atoms with Gasteiger partial charge in [0.2, 0.25) is 0 Å². The second-order valence-corrected chi connectivity index (χ2v) is 3.68. The van der Waals surface area contributed by atoms with E-state index in [4.69, 9.17) is 4.74 Å². The highest BCUT2D eigenvalue weighted by Gasteiger charge is 1.92. The van der Waals surface area contributed by atoms with E-state index in [9.17, 15) is 0 Å². The average Bonchev–Trinajstić information content (AvgIpc) is 2.33. The van der Waals surface area contributed by atoms with Gasteiger partial charge in [0.1, 0.15) is 11.5 Å². The topological polar surface area (TPSA) is 9.23 Å². The number of benzene rings is 2. The number of ether oxygens (including phenoxy) is 1. The van der Waals surface area contributed by atoms with Gasteiger partial charge in [0.25, 0.3) is 0 Å². The smallest absolute Gasteiger partial charge is 0.127 e. The molecule has 3 heteroatoms. The molecule has 0 fully saturated rings. The van der Waals surface area contributed by atoms with Crippen molar-refractivity contribution < 1.29 is 4.74 Å². The molecule has 0 atom stereocenters. The van der Waals surface area contributed by atoms with Crippen LogP contribution < -0.4 is 4.74 Å². The molecular weight excluding hydrogens is 236 g/mol. The maximum atomic E-state index is 5.58. The molecular formula is C13H12OS2. The second-order valence-electron chi connectivity index (χ2n) is 2.83. The summed E-state index contributed by atoms with van der Waals surface area (Å²) in [5.41, 5.74) is 0. The molecule has 82 valence electrons. The van der Waals surface area contributed by atoms with E-state index in [0.717, 1.165) is 11.5 Å². The average molecular weight is 248 g/mol. The third-order valence-corrected chi connectivity index (χ3v) is 1.72. The minimum Gasteiger partial charge on any atom is -0.457 e. The van der Waals surface area contributed by atoms with E-state index in [-0.39, 0.29) is 0 Å². The largest absolute Gasteiger partial charge is 0.457 e. The Morgan fingerprint density at radius 2 is 1.12 bits per heavy atom. The number of para-hydroxylation sites is 2. The van der Waals surface area contributed by atoms with Gasteiger partial charge in [-0.15, -0.1) is 12.6 Å². The Morgan fingerprint density at radius 1 is 0.812 bits per heavy atom. The van der Waals surface area contributed by atoms with Gasteiger partial charge in [-0.05, 0) is 24.3 Å². The summed E-state index contributed by atoms with van der Waals surface area (Å²) in [4.78, 5) is 0. The van der Waals surface area contributed by atoms with E-state index in [1.165, 1.54) is 4.70 Å². The zero-order chi connectivity index (χ0) is 11.6. The first-order valence-corrected chi connectivity index (χ1v) is 5.71. The molecule has 0 bridgehead atoms. The predicted molar refractivity (Wildman–Crippen MR) is 75.6 cm³/mol. The summed E-state index contributed by atoms with van der Waals surface area (Å²) < 4.78 is 6.86. The minimum atomic E-state index is 0.869. The van der Waals surface area contributed by atoms with Crippen molar-refractivity contribution in [2.24, 2.45) is 0 Å². The van der Waals surface area contributed by atoms with E-state index in [0.29, 0.717) is 0 Å². The van der Waals surface area contributed by atoms with Gasteiger partial charge in [-0.25, -0.2) is 0 Å². The molecule has 2 aromatic carbocycles. The van der Waals surface area contributed by atoms with E-state index >= 15 is 0 Å². The molecule has 0 radical (unpaired) electrons. The van der Waals surface area contributed by atoms with Crippen LogP contribution in [-0.2, 0) is 0 Å². The Hall–Kier alpha value is -1.32. The van der Waals surface area contributed by atoms with Crippen LogP contribution in [0.3, 0.4) is 0 Å². The van der Waals surface area contributed by atoms with Crippen molar-refractivity contribution in [3.05, 3.63) is 60.7 Å². The van der Waals surface area contributed by atoms with Crippen LogP contribution in [0.2, 0.25) is 0 Å². The second kappa shape index (κ2) is 7.91. The Labute approximate surface area is 106 Å². The van der Waals surface area contributed by atoms with Gasteiger partial charge < -0.3 is 4.74 Å². The zero-order valence-electron chi connectivity index (χ0n) is 8.61. The van der Waals surface area contributed by atoms with Crippen molar-refractivity contribution in [3.63, 3.8) is 0 Å². The summed E-state index contributed by atoms with van der Waals surface area (Å²) in [6.45, 7) is 0. The summed E-state index contributed by atoms with van der Waals surface area (Å²) in [5.74, 6) is 1.74. The molecule has 1 nitrogen and oxygen atoms in total. The molecule has 0 N–H and O–H groups in total. The Morgan fingerprint density at radius 3 is 1.44 bits per heavy atom. The van der Waals surface area contributed by atoms with Crippen LogP contribution in [0, 0.1) is 0 Å². The molecule has 0 aromatic heterocycles. The summed E-state index contributed by atoms with van der Waals surface area (Å²) in [6, 6.07) is 19.5. The van der Waals surface area contributed by atoms with Gasteiger partial charge >= 0.3 is 0 Å². The van der Waals surface area contributed by atoms with Crippen LogP contribution in [0.15, 0.2) is 60.7 Å². The fourth-order valence-electron chi connectivity index (χ4n) is 1.11. The predicted octanol–water partition coefficient (Wildman–Crippen LogP) is 4.35. The minimum absolute atomic E-state index is 0.869. The number of rotatable bonds is 2. The van der Waals surface area contributed by atoms with Gasteiger partial charge in [0.05, 0.1) is 0 Å². The first-order chi connectivity index (χ1) is 7.86. The van der Waals surface area contributed by atoms with Gasteiger partial charge in [-0.2, -0.15) is 0 Å². The SMILES string of the molecule is S=CS.c1ccc(Oc2ccccc2)cc1. The molecule has 0 heterocycles. The van der Waals surface area contributed by atoms with E-state index in [1.807, 2.05) is 60.7 Å². The normalized spacial score (nSPS) is 8.56. The van der Waals surface area contributed by atoms with E-state index in [2.05, 4.69) is 24.8 Å². The summed E-state index contributed by atoms with van der Waals surface area (Å²) in [6.07, 6.45) is 0. The lowest BCUT2D eigenvalue weighted by Crippen LogP contribution is -1.81. The molecule has 2 aromatic rings. The standard InChI is InChI=1S/C12H10O.CH2S2/c1-3-7-11(8-4-1)13-12-9-5-2-6-10-12;2-1-3/h1-10H;1H,(H,2,3). The van der Waals surface area contributed by atoms with Crippen molar-refractivity contribution in [2.75, 3.05) is 0 Å². The first-order valence-electron chi connectivity index (χ1n) is 4.72. The van der Waals surface area contributed by atoms with Crippen molar-refractivity contribution in [1.29, 1.82) is 0 Å². The Bertz CT molecular complexity index is 363. The molecule has 2 rings (SSSR count). The lowest BCUT2D eigenvalue weighted by atomic mass is 10.3. The quantitative estimate of drug-likeness (QED) is 0.625. The molecule has 0 aliphatic heterocycles. The Balaban J connectivity index is 0.000000386. The van der Waals surface area contributed by atoms with Gasteiger partial charge in [0, 0.05) is 4.70 Å². The monoisotopic (exact) mass is 248 g/mol. The van der Waals surface area contributed by atoms with E-state index in [1.54, 1.807) is 0 Å². The molecule has 16 heavy (non-hydrogen) atoms. The number of hydrogen-bond acceptors (Lipinski definition) is 2. The lowest BCUT2D eigenvalue weighted by molar-refractivity contribution is 0.482. The van der Waals surface area contributed by atoms with Crippen LogP contribution in [0.25, 0.3) is 0 Å². The van der Waals surface area contributed by atoms with Gasteiger partial charge in [0.15, 0.2) is 0 Å². The fourth-order valence-corrected chi connectivity index (χ4v) is 1.11. The maximum Gasteiger partial charge on any atom is 0.127 e. The number of thiol groups is 1. The summed E-state index contributed by atoms with van der Waals surface area (Å²) >= 11 is 7.61. The molecule has 0 aliphatic rings. The van der Waals surface area contributed by atoms with Crippen molar-refractivity contribution in [1.82, 2.24) is 0 Å². The van der Waals surface area contributed by atoms with Crippen molar-refractivity contribution in [3.8, 4) is 11.5 Å². The van der Waals surface area contributed by atoms with Crippen LogP contribution in [0.1, 0.15) is 0 Å². The van der Waals surface area contributed by atoms with E-state index < -0.39 is 0 Å². The summed E-state index contributed by atoms with van der Waals surface area (Å²) in [7, 11) is 0. The molecule has 0 saturated carbocycles. The molecule has 0 amide bonds. The highest BCUT2D eigenvalue weighted by molar-refractivity contribution is 8.08. The van der Waals surface area contributed by atoms with Crippen molar-refractivity contribution in [2.45, 2.75) is 0 Å². The van der Waals surface area contributed by atoms with Crippen LogP contribution in [0.5, 0.6) is 11.5 Å². The number of thiocarbonyl (C=S) groups is 1. The molecule has 0 unspecified atom stereocenters. The number of hydrogen-bond donors (Lipinski definition) is 1. The van der Waals surface area contributed by atoms with Crippen LogP contribution in [-0.4, -0.2) is 4.70 Å². The zero-order valence-corrected chi connectivity index (χ0v) is 10.3. The van der Waals surface area contributed by atoms with Gasteiger partial charge in [-0.3, -0.25) is 0 Å². The van der Waals surface area contributed by atoms with Gasteiger partial charge in [-0.1, -0.05) is 48.6 Å². The van der Waals surface area contributed by atoms with Crippen molar-refractivity contribution >= 4 is 29.5 Å². The fraction of sp³-hybridized carbons (Fsp3) is 0.